The molecule has 116 valence electrons. The fraction of sp³-hybridized carbons (Fsp3) is 0.438. The lowest BCUT2D eigenvalue weighted by Crippen LogP contribution is -2.19. The van der Waals surface area contributed by atoms with Gasteiger partial charge in [0.05, 0.1) is 13.0 Å². The van der Waals surface area contributed by atoms with E-state index in [0.29, 0.717) is 25.5 Å². The van der Waals surface area contributed by atoms with Gasteiger partial charge in [0, 0.05) is 12.5 Å². The number of hydrogen-bond donors (Lipinski definition) is 1. The van der Waals surface area contributed by atoms with Gasteiger partial charge in [-0.15, -0.1) is 10.2 Å². The third-order valence-electron chi connectivity index (χ3n) is 3.69. The molecule has 0 amide bonds. The van der Waals surface area contributed by atoms with Crippen molar-refractivity contribution in [3.8, 4) is 0 Å². The number of anilines is 1. The Hall–Kier alpha value is -1.95. The third-order valence-corrected chi connectivity index (χ3v) is 4.61. The number of carbonyl (C=O) groups is 1. The first-order valence-corrected chi connectivity index (χ1v) is 8.37. The minimum atomic E-state index is -0.182. The maximum atomic E-state index is 11.3. The Morgan fingerprint density at radius 1 is 1.32 bits per heavy atom. The van der Waals surface area contributed by atoms with Crippen LogP contribution in [0.4, 0.5) is 5.13 Å². The Morgan fingerprint density at radius 3 is 2.73 bits per heavy atom. The van der Waals surface area contributed by atoms with Crippen molar-refractivity contribution in [1.82, 2.24) is 10.2 Å². The predicted octanol–water partition coefficient (Wildman–Crippen LogP) is 2.61. The van der Waals surface area contributed by atoms with E-state index in [1.165, 1.54) is 22.5 Å². The molecule has 0 atom stereocenters. The molecule has 1 aromatic heterocycles. The average Bonchev–Trinajstić information content (AvgIpc) is 3.11. The Morgan fingerprint density at radius 2 is 2.05 bits per heavy atom. The van der Waals surface area contributed by atoms with E-state index in [-0.39, 0.29) is 5.97 Å². The Labute approximate surface area is 133 Å². The summed E-state index contributed by atoms with van der Waals surface area (Å²) in [5.41, 5.74) is 2.82. The maximum Gasteiger partial charge on any atom is 0.306 e. The van der Waals surface area contributed by atoms with Gasteiger partial charge in [0.1, 0.15) is 5.01 Å². The fourth-order valence-electron chi connectivity index (χ4n) is 2.69. The fourth-order valence-corrected chi connectivity index (χ4v) is 3.51. The first-order valence-electron chi connectivity index (χ1n) is 7.56. The molecule has 0 spiro atoms. The number of nitrogens with zero attached hydrogens (tertiary/aromatic N) is 2. The quantitative estimate of drug-likeness (QED) is 0.830. The minimum absolute atomic E-state index is 0.182. The van der Waals surface area contributed by atoms with Crippen LogP contribution in [0.25, 0.3) is 0 Å². The van der Waals surface area contributed by atoms with Crippen molar-refractivity contribution in [3.05, 3.63) is 40.4 Å². The highest BCUT2D eigenvalue weighted by Crippen LogP contribution is 2.26. The van der Waals surface area contributed by atoms with Crippen LogP contribution in [-0.4, -0.2) is 28.8 Å². The molecule has 1 aromatic carbocycles. The Bertz CT molecular complexity index is 631. The summed E-state index contributed by atoms with van der Waals surface area (Å²) in [6.45, 7) is 2.23. The number of nitrogens with one attached hydrogen (secondary N) is 1. The summed E-state index contributed by atoms with van der Waals surface area (Å²) < 4.78 is 4.92. The van der Waals surface area contributed by atoms with Crippen LogP contribution in [0.5, 0.6) is 0 Å². The molecule has 5 nitrogen and oxygen atoms in total. The largest absolute Gasteiger partial charge is 0.466 e. The van der Waals surface area contributed by atoms with Crippen molar-refractivity contribution in [3.63, 3.8) is 0 Å². The van der Waals surface area contributed by atoms with Gasteiger partial charge < -0.3 is 10.1 Å². The molecule has 22 heavy (non-hydrogen) atoms. The van der Waals surface area contributed by atoms with Crippen LogP contribution in [0, 0.1) is 0 Å². The molecule has 2 aromatic rings. The monoisotopic (exact) mass is 317 g/mol. The van der Waals surface area contributed by atoms with Crippen molar-refractivity contribution < 1.29 is 9.53 Å². The molecule has 0 bridgehead atoms. The molecular formula is C16H19N3O2S. The lowest BCUT2D eigenvalue weighted by molar-refractivity contribution is -0.143. The smallest absolute Gasteiger partial charge is 0.306 e. The molecule has 0 aliphatic heterocycles. The minimum Gasteiger partial charge on any atom is -0.466 e. The number of carbonyl (C=O) groups excluding carboxylic acids is 1. The number of esters is 1. The van der Waals surface area contributed by atoms with E-state index < -0.39 is 0 Å². The van der Waals surface area contributed by atoms with Gasteiger partial charge >= 0.3 is 5.97 Å². The van der Waals surface area contributed by atoms with E-state index in [0.717, 1.165) is 23.0 Å². The second-order valence-corrected chi connectivity index (χ2v) is 6.39. The van der Waals surface area contributed by atoms with Crippen LogP contribution in [-0.2, 0) is 28.8 Å². The van der Waals surface area contributed by atoms with E-state index in [1.54, 1.807) is 0 Å². The highest BCUT2D eigenvalue weighted by Gasteiger charge is 2.21. The van der Waals surface area contributed by atoms with Crippen molar-refractivity contribution >= 4 is 22.4 Å². The molecule has 0 saturated heterocycles. The van der Waals surface area contributed by atoms with Crippen molar-refractivity contribution in [1.29, 1.82) is 0 Å². The number of rotatable bonds is 6. The molecule has 0 radical (unpaired) electrons. The van der Waals surface area contributed by atoms with Crippen LogP contribution in [0.1, 0.15) is 29.5 Å². The van der Waals surface area contributed by atoms with E-state index in [4.69, 9.17) is 4.74 Å². The van der Waals surface area contributed by atoms with Crippen molar-refractivity contribution in [2.45, 2.75) is 38.6 Å². The summed E-state index contributed by atoms with van der Waals surface area (Å²) in [5.74, 6) is -0.182. The summed E-state index contributed by atoms with van der Waals surface area (Å²) >= 11 is 1.52. The zero-order valence-corrected chi connectivity index (χ0v) is 13.4. The molecule has 0 unspecified atom stereocenters. The van der Waals surface area contributed by atoms with Crippen molar-refractivity contribution in [2.75, 3.05) is 11.9 Å². The SMILES string of the molecule is CCOC(=O)CCc1nnc(NC2Cc3ccccc3C2)s1. The molecule has 0 fully saturated rings. The van der Waals surface area contributed by atoms with E-state index >= 15 is 0 Å². The normalized spacial score (nSPS) is 13.9. The van der Waals surface area contributed by atoms with Crippen LogP contribution in [0.2, 0.25) is 0 Å². The second kappa shape index (κ2) is 6.87. The predicted molar refractivity (Wildman–Crippen MR) is 86.1 cm³/mol. The van der Waals surface area contributed by atoms with Crippen LogP contribution in [0.3, 0.4) is 0 Å². The van der Waals surface area contributed by atoms with Crippen LogP contribution in [0.15, 0.2) is 24.3 Å². The number of aryl methyl sites for hydroxylation is 1. The lowest BCUT2D eigenvalue weighted by Gasteiger charge is -2.09. The van der Waals surface area contributed by atoms with Gasteiger partial charge in [-0.25, -0.2) is 0 Å². The molecule has 0 saturated carbocycles. The van der Waals surface area contributed by atoms with Gasteiger partial charge in [0.2, 0.25) is 5.13 Å². The van der Waals surface area contributed by atoms with Gasteiger partial charge in [-0.1, -0.05) is 35.6 Å². The first kappa shape index (κ1) is 15.0. The van der Waals surface area contributed by atoms with E-state index in [2.05, 4.69) is 39.8 Å². The highest BCUT2D eigenvalue weighted by atomic mass is 32.1. The van der Waals surface area contributed by atoms with Crippen molar-refractivity contribution in [2.24, 2.45) is 0 Å². The standard InChI is InChI=1S/C16H19N3O2S/c1-2-21-15(20)8-7-14-18-19-16(22-14)17-13-9-11-5-3-4-6-12(11)10-13/h3-6,13H,2,7-10H2,1H3,(H,17,19). The van der Waals surface area contributed by atoms with E-state index in [1.807, 2.05) is 6.92 Å². The Kier molecular flexibility index (Phi) is 4.68. The summed E-state index contributed by atoms with van der Waals surface area (Å²) in [6, 6.07) is 8.91. The maximum absolute atomic E-state index is 11.3. The van der Waals surface area contributed by atoms with Gasteiger partial charge in [-0.05, 0) is 30.9 Å². The zero-order valence-electron chi connectivity index (χ0n) is 12.5. The Balaban J connectivity index is 1.51. The molecule has 1 aliphatic rings. The second-order valence-electron chi connectivity index (χ2n) is 5.32. The number of ether oxygens (including phenoxy) is 1. The molecule has 3 rings (SSSR count). The van der Waals surface area contributed by atoms with Crippen LogP contribution >= 0.6 is 11.3 Å². The zero-order chi connectivity index (χ0) is 15.4. The highest BCUT2D eigenvalue weighted by molar-refractivity contribution is 7.15. The van der Waals surface area contributed by atoms with Gasteiger partial charge in [-0.3, -0.25) is 4.79 Å². The van der Waals surface area contributed by atoms with Gasteiger partial charge in [0.15, 0.2) is 0 Å². The third kappa shape index (κ3) is 3.62. The molecule has 1 aliphatic carbocycles. The molecular weight excluding hydrogens is 298 g/mol. The summed E-state index contributed by atoms with van der Waals surface area (Å²) in [7, 11) is 0. The summed E-state index contributed by atoms with van der Waals surface area (Å²) in [6.07, 6.45) is 2.99. The number of hydrogen-bond acceptors (Lipinski definition) is 6. The summed E-state index contributed by atoms with van der Waals surface area (Å²) in [4.78, 5) is 11.3. The van der Waals surface area contributed by atoms with Gasteiger partial charge in [0.25, 0.3) is 0 Å². The molecule has 1 heterocycles. The average molecular weight is 317 g/mol. The topological polar surface area (TPSA) is 64.1 Å². The lowest BCUT2D eigenvalue weighted by atomic mass is 10.1. The number of benzene rings is 1. The van der Waals surface area contributed by atoms with Crippen LogP contribution < -0.4 is 5.32 Å². The number of fused-ring (bicyclic) bond motifs is 1. The molecule has 1 N–H and O–H groups in total. The van der Waals surface area contributed by atoms with Gasteiger partial charge in [-0.2, -0.15) is 0 Å². The van der Waals surface area contributed by atoms with E-state index in [9.17, 15) is 4.79 Å². The molecule has 6 heteroatoms. The number of aromatic nitrogens is 2. The first-order chi connectivity index (χ1) is 10.7. The summed E-state index contributed by atoms with van der Waals surface area (Å²) in [5, 5.41) is 13.5.